The van der Waals surface area contributed by atoms with Crippen LogP contribution in [-0.4, -0.2) is 4.92 Å². The molecule has 0 aliphatic carbocycles. The van der Waals surface area contributed by atoms with E-state index < -0.39 is 0 Å². The van der Waals surface area contributed by atoms with Crippen LogP contribution in [0.4, 0.5) is 17.1 Å². The van der Waals surface area contributed by atoms with E-state index in [-0.39, 0.29) is 16.5 Å². The van der Waals surface area contributed by atoms with Gasteiger partial charge < -0.3 is 5.32 Å². The van der Waals surface area contributed by atoms with E-state index in [0.717, 1.165) is 16.8 Å². The molecule has 4 nitrogen and oxygen atoms in total. The van der Waals surface area contributed by atoms with E-state index in [1.807, 2.05) is 36.4 Å². The van der Waals surface area contributed by atoms with Gasteiger partial charge in [-0.3, -0.25) is 10.1 Å². The molecule has 0 spiro atoms. The lowest BCUT2D eigenvalue weighted by atomic mass is 9.89. The summed E-state index contributed by atoms with van der Waals surface area (Å²) in [6.07, 6.45) is 0. The molecule has 0 aliphatic rings. The second kappa shape index (κ2) is 6.60. The summed E-state index contributed by atoms with van der Waals surface area (Å²) >= 11 is 0. The molecule has 2 aromatic rings. The largest absolute Gasteiger partial charge is 0.350 e. The quantitative estimate of drug-likeness (QED) is 0.578. The summed E-state index contributed by atoms with van der Waals surface area (Å²) in [6, 6.07) is 13.2. The van der Waals surface area contributed by atoms with Gasteiger partial charge in [-0.15, -0.1) is 0 Å². The molecular weight excluding hydrogens is 276 g/mol. The van der Waals surface area contributed by atoms with Gasteiger partial charge in [0.05, 0.1) is 4.92 Å². The molecule has 22 heavy (non-hydrogen) atoms. The zero-order valence-corrected chi connectivity index (χ0v) is 13.5. The van der Waals surface area contributed by atoms with Crippen LogP contribution in [0.1, 0.15) is 50.7 Å². The summed E-state index contributed by atoms with van der Waals surface area (Å²) in [5, 5.41) is 14.6. The first-order valence-corrected chi connectivity index (χ1v) is 7.54. The minimum atomic E-state index is -0.318. The maximum absolute atomic E-state index is 11.4. The minimum absolute atomic E-state index is 0.122. The Morgan fingerprint density at radius 1 is 0.955 bits per heavy atom. The second-order valence-corrected chi connectivity index (χ2v) is 6.06. The van der Waals surface area contributed by atoms with Crippen LogP contribution in [0, 0.1) is 10.1 Å². The van der Waals surface area contributed by atoms with Crippen LogP contribution in [0.25, 0.3) is 0 Å². The fourth-order valence-electron chi connectivity index (χ4n) is 2.55. The van der Waals surface area contributed by atoms with Crippen LogP contribution in [0.15, 0.2) is 42.5 Å². The van der Waals surface area contributed by atoms with Crippen LogP contribution >= 0.6 is 0 Å². The highest BCUT2D eigenvalue weighted by atomic mass is 16.6. The molecule has 0 amide bonds. The lowest BCUT2D eigenvalue weighted by Gasteiger charge is -2.18. The van der Waals surface area contributed by atoms with E-state index >= 15 is 0 Å². The van der Waals surface area contributed by atoms with Gasteiger partial charge >= 0.3 is 0 Å². The number of hydrogen-bond donors (Lipinski definition) is 1. The molecule has 2 aromatic carbocycles. The highest BCUT2D eigenvalue weighted by molar-refractivity contribution is 5.71. The smallest absolute Gasteiger partial charge is 0.292 e. The summed E-state index contributed by atoms with van der Waals surface area (Å²) in [6.45, 7) is 8.35. The fourth-order valence-corrected chi connectivity index (χ4v) is 2.55. The summed E-state index contributed by atoms with van der Waals surface area (Å²) in [4.78, 5) is 11.1. The van der Waals surface area contributed by atoms with Gasteiger partial charge in [0.25, 0.3) is 5.69 Å². The Hall–Kier alpha value is -2.36. The number of para-hydroxylation sites is 1. The van der Waals surface area contributed by atoms with E-state index in [2.05, 4.69) is 33.0 Å². The van der Waals surface area contributed by atoms with Gasteiger partial charge in [-0.25, -0.2) is 0 Å². The first kappa shape index (κ1) is 16.0. The Labute approximate surface area is 131 Å². The number of nitrogens with zero attached hydrogens (tertiary/aromatic N) is 1. The predicted molar refractivity (Wildman–Crippen MR) is 91.0 cm³/mol. The number of nitro benzene ring substituents is 1. The molecule has 0 heterocycles. The topological polar surface area (TPSA) is 55.2 Å². The monoisotopic (exact) mass is 298 g/mol. The molecule has 0 aliphatic heterocycles. The van der Waals surface area contributed by atoms with Crippen molar-refractivity contribution in [2.24, 2.45) is 0 Å². The maximum Gasteiger partial charge on any atom is 0.292 e. The van der Waals surface area contributed by atoms with Gasteiger partial charge in [0.1, 0.15) is 5.69 Å². The molecule has 0 saturated heterocycles. The lowest BCUT2D eigenvalue weighted by Crippen LogP contribution is -2.04. The van der Waals surface area contributed by atoms with E-state index in [1.165, 1.54) is 0 Å². The van der Waals surface area contributed by atoms with Crippen molar-refractivity contribution in [3.63, 3.8) is 0 Å². The summed E-state index contributed by atoms with van der Waals surface area (Å²) in [5.41, 5.74) is 3.71. The molecule has 1 N–H and O–H groups in total. The molecule has 4 heteroatoms. The molecule has 2 rings (SSSR count). The summed E-state index contributed by atoms with van der Waals surface area (Å²) < 4.78 is 0. The van der Waals surface area contributed by atoms with Gasteiger partial charge in [0.2, 0.25) is 0 Å². The van der Waals surface area contributed by atoms with Crippen molar-refractivity contribution in [2.75, 3.05) is 5.32 Å². The van der Waals surface area contributed by atoms with Crippen LogP contribution < -0.4 is 5.32 Å². The van der Waals surface area contributed by atoms with Gasteiger partial charge in [-0.05, 0) is 41.2 Å². The van der Waals surface area contributed by atoms with Crippen molar-refractivity contribution in [2.45, 2.75) is 39.5 Å². The van der Waals surface area contributed by atoms with Crippen molar-refractivity contribution in [1.82, 2.24) is 0 Å². The Balaban J connectivity index is 2.56. The summed E-state index contributed by atoms with van der Waals surface area (Å²) in [5.74, 6) is 0.566. The molecule has 0 radical (unpaired) electrons. The van der Waals surface area contributed by atoms with Gasteiger partial charge in [-0.2, -0.15) is 0 Å². The fraction of sp³-hybridized carbons (Fsp3) is 0.333. The van der Waals surface area contributed by atoms with Crippen LogP contribution in [0.3, 0.4) is 0 Å². The lowest BCUT2D eigenvalue weighted by molar-refractivity contribution is -0.384. The molecule has 0 atom stereocenters. The van der Waals surface area contributed by atoms with E-state index in [1.54, 1.807) is 6.07 Å². The normalized spacial score (nSPS) is 11.0. The number of nitrogens with one attached hydrogen (secondary N) is 1. The van der Waals surface area contributed by atoms with E-state index in [9.17, 15) is 10.1 Å². The van der Waals surface area contributed by atoms with Crippen molar-refractivity contribution < 1.29 is 4.92 Å². The van der Waals surface area contributed by atoms with Crippen molar-refractivity contribution in [3.05, 3.63) is 63.7 Å². The third-order valence-corrected chi connectivity index (χ3v) is 3.69. The third-order valence-electron chi connectivity index (χ3n) is 3.69. The van der Waals surface area contributed by atoms with Crippen LogP contribution in [0.2, 0.25) is 0 Å². The van der Waals surface area contributed by atoms with Crippen molar-refractivity contribution in [3.8, 4) is 0 Å². The van der Waals surface area contributed by atoms with Crippen LogP contribution in [-0.2, 0) is 0 Å². The van der Waals surface area contributed by atoms with E-state index in [4.69, 9.17) is 0 Å². The standard InChI is InChI=1S/C18H22N2O2/c1-12(2)15-10-17(19-14-8-6-5-7-9-14)18(20(21)22)11-16(15)13(3)4/h5-13,19H,1-4H3. The number of benzene rings is 2. The molecule has 0 fully saturated rings. The third kappa shape index (κ3) is 3.45. The number of nitro groups is 1. The van der Waals surface area contributed by atoms with Crippen molar-refractivity contribution >= 4 is 17.1 Å². The van der Waals surface area contributed by atoms with Gasteiger partial charge in [-0.1, -0.05) is 45.9 Å². The maximum atomic E-state index is 11.4. The average Bonchev–Trinajstić information content (AvgIpc) is 2.47. The van der Waals surface area contributed by atoms with Gasteiger partial charge in [0.15, 0.2) is 0 Å². The summed E-state index contributed by atoms with van der Waals surface area (Å²) in [7, 11) is 0. The Bertz CT molecular complexity index is 664. The van der Waals surface area contributed by atoms with Crippen molar-refractivity contribution in [1.29, 1.82) is 0 Å². The highest BCUT2D eigenvalue weighted by Crippen LogP contribution is 2.36. The first-order valence-electron chi connectivity index (χ1n) is 7.54. The zero-order valence-electron chi connectivity index (χ0n) is 13.5. The molecular formula is C18H22N2O2. The van der Waals surface area contributed by atoms with Crippen LogP contribution in [0.5, 0.6) is 0 Å². The number of rotatable bonds is 5. The number of anilines is 2. The molecule has 116 valence electrons. The SMILES string of the molecule is CC(C)c1cc(Nc2ccccc2)c([N+](=O)[O-])cc1C(C)C. The molecule has 0 aromatic heterocycles. The Kier molecular flexibility index (Phi) is 4.81. The molecule has 0 unspecified atom stereocenters. The Morgan fingerprint density at radius 3 is 2.00 bits per heavy atom. The number of hydrogen-bond acceptors (Lipinski definition) is 3. The first-order chi connectivity index (χ1) is 10.4. The van der Waals surface area contributed by atoms with Gasteiger partial charge in [0, 0.05) is 11.8 Å². The molecule has 0 saturated carbocycles. The molecule has 0 bridgehead atoms. The predicted octanol–water partition coefficient (Wildman–Crippen LogP) is 5.59. The second-order valence-electron chi connectivity index (χ2n) is 6.06. The highest BCUT2D eigenvalue weighted by Gasteiger charge is 2.21. The minimum Gasteiger partial charge on any atom is -0.350 e. The average molecular weight is 298 g/mol. The van der Waals surface area contributed by atoms with E-state index in [0.29, 0.717) is 11.6 Å². The zero-order chi connectivity index (χ0) is 16.3. The Morgan fingerprint density at radius 2 is 1.50 bits per heavy atom.